The number of esters is 1. The van der Waals surface area contributed by atoms with Crippen LogP contribution in [0.3, 0.4) is 0 Å². The molecule has 20 heavy (non-hydrogen) atoms. The fourth-order valence-corrected chi connectivity index (χ4v) is 3.38. The van der Waals surface area contributed by atoms with Gasteiger partial charge < -0.3 is 10.1 Å². The summed E-state index contributed by atoms with van der Waals surface area (Å²) in [5.74, 6) is -0.196. The lowest BCUT2D eigenvalue weighted by Gasteiger charge is -2.11. The van der Waals surface area contributed by atoms with Crippen LogP contribution in [-0.4, -0.2) is 24.1 Å². The molecule has 1 atom stereocenters. The van der Waals surface area contributed by atoms with Gasteiger partial charge in [0.05, 0.1) is 19.2 Å². The van der Waals surface area contributed by atoms with E-state index >= 15 is 0 Å². The molecule has 0 amide bonds. The smallest absolute Gasteiger partial charge is 0.305 e. The normalized spacial score (nSPS) is 12.1. The Hall–Kier alpha value is -1.40. The lowest BCUT2D eigenvalue weighted by molar-refractivity contribution is -0.140. The number of ether oxygens (including phenoxy) is 1. The van der Waals surface area contributed by atoms with E-state index in [0.29, 0.717) is 18.9 Å². The maximum Gasteiger partial charge on any atom is 0.305 e. The molecule has 1 N–H and O–H groups in total. The van der Waals surface area contributed by atoms with Crippen molar-refractivity contribution in [2.24, 2.45) is 0 Å². The summed E-state index contributed by atoms with van der Waals surface area (Å²) in [6.45, 7) is 2.15. The van der Waals surface area contributed by atoms with Crippen molar-refractivity contribution in [1.29, 1.82) is 0 Å². The third-order valence-electron chi connectivity index (χ3n) is 2.86. The van der Waals surface area contributed by atoms with Crippen LogP contribution in [-0.2, 0) is 22.4 Å². The number of thiazole rings is 1. The van der Waals surface area contributed by atoms with Gasteiger partial charge in [0.25, 0.3) is 0 Å². The minimum absolute atomic E-state index is 0.196. The molecule has 0 radical (unpaired) electrons. The average Bonchev–Trinajstić information content (AvgIpc) is 3.07. The second kappa shape index (κ2) is 7.40. The molecule has 0 fully saturated rings. The summed E-state index contributed by atoms with van der Waals surface area (Å²) in [4.78, 5) is 15.6. The summed E-state index contributed by atoms with van der Waals surface area (Å²) in [6.07, 6.45) is 1.99. The second-order valence-electron chi connectivity index (χ2n) is 4.60. The summed E-state index contributed by atoms with van der Waals surface area (Å²) in [7, 11) is 1.41. The van der Waals surface area contributed by atoms with E-state index in [4.69, 9.17) is 0 Å². The van der Waals surface area contributed by atoms with Gasteiger partial charge in [0.1, 0.15) is 0 Å². The van der Waals surface area contributed by atoms with Gasteiger partial charge in [0.2, 0.25) is 0 Å². The van der Waals surface area contributed by atoms with E-state index < -0.39 is 0 Å². The SMILES string of the molecule is COC(=O)CCc1csc(NC(C)Cc2ccsc2)n1. The predicted octanol–water partition coefficient (Wildman–Crippen LogP) is 3.35. The van der Waals surface area contributed by atoms with Crippen LogP contribution < -0.4 is 5.32 Å². The molecule has 2 aromatic rings. The molecule has 1 unspecified atom stereocenters. The predicted molar refractivity (Wildman–Crippen MR) is 83.6 cm³/mol. The molecule has 0 aliphatic rings. The molecule has 0 spiro atoms. The molecule has 6 heteroatoms. The summed E-state index contributed by atoms with van der Waals surface area (Å²) < 4.78 is 4.62. The van der Waals surface area contributed by atoms with Crippen LogP contribution >= 0.6 is 22.7 Å². The van der Waals surface area contributed by atoms with Crippen molar-refractivity contribution >= 4 is 33.8 Å². The van der Waals surface area contributed by atoms with E-state index in [2.05, 4.69) is 38.8 Å². The number of methoxy groups -OCH3 is 1. The highest BCUT2D eigenvalue weighted by Gasteiger charge is 2.09. The molecule has 0 bridgehead atoms. The number of rotatable bonds is 7. The van der Waals surface area contributed by atoms with Crippen molar-refractivity contribution in [3.63, 3.8) is 0 Å². The molecule has 2 aromatic heterocycles. The zero-order valence-corrected chi connectivity index (χ0v) is 13.2. The summed E-state index contributed by atoms with van der Waals surface area (Å²) in [5, 5.41) is 10.6. The molecule has 108 valence electrons. The Morgan fingerprint density at radius 3 is 3.05 bits per heavy atom. The molecule has 0 aliphatic heterocycles. The first-order valence-electron chi connectivity index (χ1n) is 6.46. The largest absolute Gasteiger partial charge is 0.469 e. The molecule has 2 rings (SSSR count). The molecule has 0 aliphatic carbocycles. The number of carbonyl (C=O) groups is 1. The van der Waals surface area contributed by atoms with E-state index in [-0.39, 0.29) is 5.97 Å². The van der Waals surface area contributed by atoms with Crippen molar-refractivity contribution in [2.45, 2.75) is 32.2 Å². The van der Waals surface area contributed by atoms with Gasteiger partial charge in [0.15, 0.2) is 5.13 Å². The number of nitrogens with one attached hydrogen (secondary N) is 1. The lowest BCUT2D eigenvalue weighted by atomic mass is 10.1. The average molecular weight is 310 g/mol. The summed E-state index contributed by atoms with van der Waals surface area (Å²) in [6, 6.07) is 2.48. The van der Waals surface area contributed by atoms with Crippen LogP contribution in [0.5, 0.6) is 0 Å². The number of anilines is 1. The van der Waals surface area contributed by atoms with Crippen molar-refractivity contribution in [2.75, 3.05) is 12.4 Å². The molecular weight excluding hydrogens is 292 g/mol. The summed E-state index contributed by atoms with van der Waals surface area (Å²) in [5.41, 5.74) is 2.28. The highest BCUT2D eigenvalue weighted by molar-refractivity contribution is 7.13. The number of hydrogen-bond donors (Lipinski definition) is 1. The van der Waals surface area contributed by atoms with E-state index in [9.17, 15) is 4.79 Å². The number of aromatic nitrogens is 1. The van der Waals surface area contributed by atoms with E-state index in [0.717, 1.165) is 17.2 Å². The zero-order valence-electron chi connectivity index (χ0n) is 11.6. The van der Waals surface area contributed by atoms with Crippen LogP contribution in [0.1, 0.15) is 24.6 Å². The van der Waals surface area contributed by atoms with Crippen molar-refractivity contribution in [3.8, 4) is 0 Å². The van der Waals surface area contributed by atoms with Gasteiger partial charge >= 0.3 is 5.97 Å². The number of thiophene rings is 1. The lowest BCUT2D eigenvalue weighted by Crippen LogP contribution is -2.17. The van der Waals surface area contributed by atoms with E-state index in [1.165, 1.54) is 12.7 Å². The highest BCUT2D eigenvalue weighted by Crippen LogP contribution is 2.19. The zero-order chi connectivity index (χ0) is 14.4. The Labute approximate surface area is 126 Å². The van der Waals surface area contributed by atoms with Crippen molar-refractivity contribution < 1.29 is 9.53 Å². The molecular formula is C14H18N2O2S2. The van der Waals surface area contributed by atoms with Crippen LogP contribution in [0.4, 0.5) is 5.13 Å². The van der Waals surface area contributed by atoms with Crippen molar-refractivity contribution in [1.82, 2.24) is 4.98 Å². The third-order valence-corrected chi connectivity index (χ3v) is 4.41. The number of nitrogens with zero attached hydrogens (tertiary/aromatic N) is 1. The van der Waals surface area contributed by atoms with Gasteiger partial charge in [-0.15, -0.1) is 11.3 Å². The maximum atomic E-state index is 11.1. The Morgan fingerprint density at radius 1 is 1.50 bits per heavy atom. The third kappa shape index (κ3) is 4.61. The minimum Gasteiger partial charge on any atom is -0.469 e. The van der Waals surface area contributed by atoms with Crippen molar-refractivity contribution in [3.05, 3.63) is 33.5 Å². The van der Waals surface area contributed by atoms with E-state index in [1.807, 2.05) is 5.38 Å². The maximum absolute atomic E-state index is 11.1. The quantitative estimate of drug-likeness (QED) is 0.797. The first-order chi connectivity index (χ1) is 9.67. The number of aryl methyl sites for hydroxylation is 1. The van der Waals surface area contributed by atoms with Gasteiger partial charge in [-0.2, -0.15) is 11.3 Å². The van der Waals surface area contributed by atoms with Gasteiger partial charge in [-0.1, -0.05) is 0 Å². The Balaban J connectivity index is 1.81. The van der Waals surface area contributed by atoms with Crippen LogP contribution in [0.15, 0.2) is 22.2 Å². The fourth-order valence-electron chi connectivity index (χ4n) is 1.84. The monoisotopic (exact) mass is 310 g/mol. The fraction of sp³-hybridized carbons (Fsp3) is 0.429. The standard InChI is InChI=1S/C14H18N2O2S2/c1-10(7-11-5-6-19-8-11)15-14-16-12(9-20-14)3-4-13(17)18-2/h5-6,8-10H,3-4,7H2,1-2H3,(H,15,16). The highest BCUT2D eigenvalue weighted by atomic mass is 32.1. The van der Waals surface area contributed by atoms with Gasteiger partial charge in [0, 0.05) is 17.8 Å². The number of hydrogen-bond acceptors (Lipinski definition) is 6. The topological polar surface area (TPSA) is 51.2 Å². The van der Waals surface area contributed by atoms with Gasteiger partial charge in [-0.25, -0.2) is 4.98 Å². The first kappa shape index (κ1) is 15.0. The summed E-state index contributed by atoms with van der Waals surface area (Å²) >= 11 is 3.30. The second-order valence-corrected chi connectivity index (χ2v) is 6.24. The molecule has 0 saturated heterocycles. The molecule has 0 aromatic carbocycles. The minimum atomic E-state index is -0.196. The Morgan fingerprint density at radius 2 is 2.35 bits per heavy atom. The van der Waals surface area contributed by atoms with Gasteiger partial charge in [-0.05, 0) is 35.7 Å². The van der Waals surface area contributed by atoms with Crippen LogP contribution in [0, 0.1) is 0 Å². The van der Waals surface area contributed by atoms with Gasteiger partial charge in [-0.3, -0.25) is 4.79 Å². The molecule has 0 saturated carbocycles. The van der Waals surface area contributed by atoms with E-state index in [1.54, 1.807) is 22.7 Å². The Bertz CT molecular complexity index is 537. The first-order valence-corrected chi connectivity index (χ1v) is 8.28. The van der Waals surface area contributed by atoms with Crippen LogP contribution in [0.25, 0.3) is 0 Å². The molecule has 4 nitrogen and oxygen atoms in total. The number of carbonyl (C=O) groups excluding carboxylic acids is 1. The Kier molecular flexibility index (Phi) is 5.55. The van der Waals surface area contributed by atoms with Crippen LogP contribution in [0.2, 0.25) is 0 Å². The molecule has 2 heterocycles.